The second-order valence-corrected chi connectivity index (χ2v) is 6.58. The van der Waals surface area contributed by atoms with E-state index in [9.17, 15) is 0 Å². The highest BCUT2D eigenvalue weighted by atomic mass is 79.9. The molecule has 0 N–H and O–H groups in total. The van der Waals surface area contributed by atoms with Crippen LogP contribution < -0.4 is 4.74 Å². The first-order chi connectivity index (χ1) is 9.61. The van der Waals surface area contributed by atoms with E-state index in [1.165, 1.54) is 11.1 Å². The fourth-order valence-corrected chi connectivity index (χ4v) is 3.59. The quantitative estimate of drug-likeness (QED) is 0.674. The number of aryl methyl sites for hydroxylation is 1. The highest BCUT2D eigenvalue weighted by Crippen LogP contribution is 2.49. The maximum absolute atomic E-state index is 6.74. The van der Waals surface area contributed by atoms with Crippen molar-refractivity contribution in [3.63, 3.8) is 0 Å². The number of alkyl halides is 1. The summed E-state index contributed by atoms with van der Waals surface area (Å²) in [7, 11) is 1.70. The van der Waals surface area contributed by atoms with Crippen molar-refractivity contribution in [1.29, 1.82) is 0 Å². The van der Waals surface area contributed by atoms with Gasteiger partial charge in [0.25, 0.3) is 0 Å². The molecular weight excluding hydrogens is 336 g/mol. The maximum Gasteiger partial charge on any atom is 0.123 e. The molecule has 2 aromatic rings. The topological polar surface area (TPSA) is 9.23 Å². The smallest absolute Gasteiger partial charge is 0.123 e. The molecule has 0 saturated carbocycles. The summed E-state index contributed by atoms with van der Waals surface area (Å²) >= 11 is 10.3. The number of hydrogen-bond acceptors (Lipinski definition) is 1. The lowest BCUT2D eigenvalue weighted by molar-refractivity contribution is 0.405. The van der Waals surface area contributed by atoms with Gasteiger partial charge in [-0.05, 0) is 42.2 Å². The molecule has 1 aliphatic rings. The van der Waals surface area contributed by atoms with Crippen molar-refractivity contribution in [2.75, 3.05) is 7.11 Å². The third kappa shape index (κ3) is 2.25. The van der Waals surface area contributed by atoms with Crippen LogP contribution in [0.1, 0.15) is 33.5 Å². The molecule has 0 aliphatic heterocycles. The lowest BCUT2D eigenvalue weighted by Gasteiger charge is -2.34. The molecule has 0 heterocycles. The van der Waals surface area contributed by atoms with E-state index in [0.717, 1.165) is 27.8 Å². The van der Waals surface area contributed by atoms with Gasteiger partial charge in [-0.15, -0.1) is 11.6 Å². The predicted molar refractivity (Wildman–Crippen MR) is 86.9 cm³/mol. The Morgan fingerprint density at radius 3 is 2.75 bits per heavy atom. The molecule has 0 aromatic heterocycles. The third-order valence-electron chi connectivity index (χ3n) is 4.06. The van der Waals surface area contributed by atoms with Crippen molar-refractivity contribution >= 4 is 27.5 Å². The van der Waals surface area contributed by atoms with Crippen LogP contribution in [0, 0.1) is 6.92 Å². The fraction of sp³-hybridized carbons (Fsp3) is 0.294. The standard InChI is InChI=1S/C17H16BrClO/c1-10-7-16(20-2)14(9-15(10)18)17(19)13-8-11-5-3-4-6-12(11)13/h3-7,9,13,17H,8H2,1-2H3. The number of ether oxygens (including phenoxy) is 1. The fourth-order valence-electron chi connectivity index (χ4n) is 2.84. The van der Waals surface area contributed by atoms with Gasteiger partial charge in [-0.3, -0.25) is 0 Å². The number of hydrogen-bond donors (Lipinski definition) is 0. The summed E-state index contributed by atoms with van der Waals surface area (Å²) in [6, 6.07) is 12.6. The minimum Gasteiger partial charge on any atom is -0.496 e. The van der Waals surface area contributed by atoms with E-state index in [0.29, 0.717) is 5.92 Å². The molecule has 0 spiro atoms. The first kappa shape index (κ1) is 14.0. The number of fused-ring (bicyclic) bond motifs is 1. The molecule has 3 heteroatoms. The van der Waals surface area contributed by atoms with Crippen molar-refractivity contribution in [2.24, 2.45) is 0 Å². The number of benzene rings is 2. The maximum atomic E-state index is 6.74. The number of halogens is 2. The van der Waals surface area contributed by atoms with Crippen molar-refractivity contribution < 1.29 is 4.74 Å². The zero-order chi connectivity index (χ0) is 14.3. The second-order valence-electron chi connectivity index (χ2n) is 5.25. The highest BCUT2D eigenvalue weighted by Gasteiger charge is 2.34. The van der Waals surface area contributed by atoms with E-state index in [1.54, 1.807) is 7.11 Å². The zero-order valence-electron chi connectivity index (χ0n) is 11.5. The Labute approximate surface area is 133 Å². The van der Waals surface area contributed by atoms with Crippen molar-refractivity contribution in [3.05, 3.63) is 63.1 Å². The van der Waals surface area contributed by atoms with Crippen LogP contribution in [0.2, 0.25) is 0 Å². The molecule has 0 fully saturated rings. The Bertz CT molecular complexity index is 653. The van der Waals surface area contributed by atoms with Crippen LogP contribution in [-0.4, -0.2) is 7.11 Å². The van der Waals surface area contributed by atoms with E-state index in [4.69, 9.17) is 16.3 Å². The van der Waals surface area contributed by atoms with Crippen LogP contribution in [-0.2, 0) is 6.42 Å². The van der Waals surface area contributed by atoms with Gasteiger partial charge in [0.2, 0.25) is 0 Å². The second kappa shape index (κ2) is 5.42. The normalized spacial score (nSPS) is 18.1. The van der Waals surface area contributed by atoms with E-state index in [-0.39, 0.29) is 5.38 Å². The van der Waals surface area contributed by atoms with Gasteiger partial charge >= 0.3 is 0 Å². The van der Waals surface area contributed by atoms with Crippen molar-refractivity contribution in [2.45, 2.75) is 24.6 Å². The van der Waals surface area contributed by atoms with Crippen LogP contribution in [0.4, 0.5) is 0 Å². The molecule has 0 bridgehead atoms. The lowest BCUT2D eigenvalue weighted by atomic mass is 9.74. The van der Waals surface area contributed by atoms with Crippen LogP contribution >= 0.6 is 27.5 Å². The Morgan fingerprint density at radius 1 is 1.30 bits per heavy atom. The molecule has 0 saturated heterocycles. The Balaban J connectivity index is 1.96. The summed E-state index contributed by atoms with van der Waals surface area (Å²) in [5.74, 6) is 1.24. The van der Waals surface area contributed by atoms with Gasteiger partial charge in [0, 0.05) is 16.0 Å². The molecular formula is C17H16BrClO. The molecule has 104 valence electrons. The molecule has 2 unspecified atom stereocenters. The average Bonchev–Trinajstić information content (AvgIpc) is 2.42. The number of methoxy groups -OCH3 is 1. The molecule has 0 amide bonds. The van der Waals surface area contributed by atoms with Gasteiger partial charge in [0.15, 0.2) is 0 Å². The van der Waals surface area contributed by atoms with Gasteiger partial charge in [-0.1, -0.05) is 40.2 Å². The van der Waals surface area contributed by atoms with E-state index in [2.05, 4.69) is 53.2 Å². The summed E-state index contributed by atoms with van der Waals surface area (Å²) < 4.78 is 6.58. The van der Waals surface area contributed by atoms with E-state index >= 15 is 0 Å². The Hall–Kier alpha value is -0.990. The van der Waals surface area contributed by atoms with Crippen molar-refractivity contribution in [1.82, 2.24) is 0 Å². The Morgan fingerprint density at radius 2 is 2.05 bits per heavy atom. The monoisotopic (exact) mass is 350 g/mol. The van der Waals surface area contributed by atoms with Gasteiger partial charge < -0.3 is 4.74 Å². The van der Waals surface area contributed by atoms with Crippen LogP contribution in [0.5, 0.6) is 5.75 Å². The highest BCUT2D eigenvalue weighted by molar-refractivity contribution is 9.10. The molecule has 2 aromatic carbocycles. The Kier molecular flexibility index (Phi) is 3.78. The minimum absolute atomic E-state index is 0.0586. The first-order valence-electron chi connectivity index (χ1n) is 6.67. The van der Waals surface area contributed by atoms with E-state index in [1.807, 2.05) is 6.07 Å². The van der Waals surface area contributed by atoms with Crippen LogP contribution in [0.15, 0.2) is 40.9 Å². The summed E-state index contributed by atoms with van der Waals surface area (Å²) in [4.78, 5) is 0. The summed E-state index contributed by atoms with van der Waals surface area (Å²) in [6.07, 6.45) is 1.04. The molecule has 0 radical (unpaired) electrons. The first-order valence-corrected chi connectivity index (χ1v) is 7.90. The van der Waals surface area contributed by atoms with Crippen LogP contribution in [0.25, 0.3) is 0 Å². The molecule has 20 heavy (non-hydrogen) atoms. The van der Waals surface area contributed by atoms with Gasteiger partial charge in [0.05, 0.1) is 12.5 Å². The SMILES string of the molecule is COc1cc(C)c(Br)cc1C(Cl)C1Cc2ccccc21. The summed E-state index contributed by atoms with van der Waals surface area (Å²) in [6.45, 7) is 2.05. The molecule has 2 atom stereocenters. The zero-order valence-corrected chi connectivity index (χ0v) is 13.8. The largest absolute Gasteiger partial charge is 0.496 e. The van der Waals surface area contributed by atoms with Gasteiger partial charge in [0.1, 0.15) is 5.75 Å². The molecule has 1 aliphatic carbocycles. The van der Waals surface area contributed by atoms with Gasteiger partial charge in [-0.25, -0.2) is 0 Å². The predicted octanol–water partition coefficient (Wildman–Crippen LogP) is 5.39. The van der Waals surface area contributed by atoms with Crippen LogP contribution in [0.3, 0.4) is 0 Å². The van der Waals surface area contributed by atoms with Gasteiger partial charge in [-0.2, -0.15) is 0 Å². The third-order valence-corrected chi connectivity index (χ3v) is 5.45. The summed E-state index contributed by atoms with van der Waals surface area (Å²) in [5.41, 5.74) is 4.99. The minimum atomic E-state index is -0.0586. The lowest BCUT2D eigenvalue weighted by Crippen LogP contribution is -2.21. The number of rotatable bonds is 3. The van der Waals surface area contributed by atoms with E-state index < -0.39 is 0 Å². The molecule has 1 nitrogen and oxygen atoms in total. The average molecular weight is 352 g/mol. The summed E-state index contributed by atoms with van der Waals surface area (Å²) in [5, 5.41) is -0.0586. The van der Waals surface area contributed by atoms with Crippen molar-refractivity contribution in [3.8, 4) is 5.75 Å². The molecule has 3 rings (SSSR count).